The Hall–Kier alpha value is -2.40. The minimum Gasteiger partial charge on any atom is -0.726 e. The fourth-order valence-electron chi connectivity index (χ4n) is 3.11. The lowest BCUT2D eigenvalue weighted by Gasteiger charge is -2.23. The van der Waals surface area contributed by atoms with E-state index in [1.165, 1.54) is 0 Å². The van der Waals surface area contributed by atoms with Gasteiger partial charge in [-0.3, -0.25) is 4.18 Å². The Kier molecular flexibility index (Phi) is 7.14. The monoisotopic (exact) mass is 448 g/mol. The molecule has 30 heavy (non-hydrogen) atoms. The second-order valence-corrected chi connectivity index (χ2v) is 8.81. The number of para-hydroxylation sites is 1. The number of fused-ring (bicyclic) bond motifs is 1. The molecule has 0 amide bonds. The molecule has 0 aliphatic rings. The highest BCUT2D eigenvalue weighted by atomic mass is 32.3. The van der Waals surface area contributed by atoms with Crippen molar-refractivity contribution in [2.75, 3.05) is 24.6 Å². The Bertz CT molecular complexity index is 1160. The Morgan fingerprint density at radius 3 is 2.63 bits per heavy atom. The number of rotatable bonds is 9. The number of nitrogens with zero attached hydrogens (tertiary/aromatic N) is 4. The molecule has 0 spiro atoms. The highest BCUT2D eigenvalue weighted by Crippen LogP contribution is 2.29. The third-order valence-electron chi connectivity index (χ3n) is 4.69. The summed E-state index contributed by atoms with van der Waals surface area (Å²) in [6.07, 6.45) is 0.429. The van der Waals surface area contributed by atoms with Crippen molar-refractivity contribution in [3.63, 3.8) is 0 Å². The number of hydrogen-bond donors (Lipinski definition) is 0. The third-order valence-corrected chi connectivity index (χ3v) is 6.24. The van der Waals surface area contributed by atoms with Crippen LogP contribution in [0.4, 0.5) is 16.5 Å². The lowest BCUT2D eigenvalue weighted by atomic mass is 10.1. The quantitative estimate of drug-likeness (QED) is 0.161. The molecule has 1 heterocycles. The highest BCUT2D eigenvalue weighted by Gasteiger charge is 2.16. The second kappa shape index (κ2) is 9.61. The first-order valence-electron chi connectivity index (χ1n) is 9.53. The van der Waals surface area contributed by atoms with Gasteiger partial charge in [0.2, 0.25) is 10.4 Å². The predicted molar refractivity (Wildman–Crippen MR) is 117 cm³/mol. The molecule has 0 bridgehead atoms. The number of hydrogen-bond acceptors (Lipinski definition) is 8. The van der Waals surface area contributed by atoms with E-state index in [-0.39, 0.29) is 6.61 Å². The van der Waals surface area contributed by atoms with Gasteiger partial charge < -0.3 is 9.45 Å². The van der Waals surface area contributed by atoms with Gasteiger partial charge in [-0.05, 0) is 72.6 Å². The molecule has 0 aliphatic carbocycles. The number of aromatic nitrogens is 1. The van der Waals surface area contributed by atoms with E-state index < -0.39 is 10.4 Å². The zero-order valence-electron chi connectivity index (χ0n) is 17.1. The first-order chi connectivity index (χ1) is 14.3. The summed E-state index contributed by atoms with van der Waals surface area (Å²) in [5.41, 5.74) is 3.88. The molecule has 10 heteroatoms. The summed E-state index contributed by atoms with van der Waals surface area (Å²) in [6, 6.07) is 14.0. The summed E-state index contributed by atoms with van der Waals surface area (Å²) in [5.74, 6) is 0. The molecule has 0 saturated carbocycles. The molecule has 160 valence electrons. The van der Waals surface area contributed by atoms with Crippen LogP contribution >= 0.6 is 11.3 Å². The molecular weight excluding hydrogens is 424 g/mol. The van der Waals surface area contributed by atoms with E-state index in [1.807, 2.05) is 55.8 Å². The minimum atomic E-state index is -4.64. The third kappa shape index (κ3) is 5.60. The van der Waals surface area contributed by atoms with E-state index in [9.17, 15) is 13.0 Å². The maximum absolute atomic E-state index is 10.5. The molecule has 3 aromatic rings. The molecule has 0 aliphatic heterocycles. The van der Waals surface area contributed by atoms with E-state index in [4.69, 9.17) is 0 Å². The van der Waals surface area contributed by atoms with Crippen LogP contribution in [0.1, 0.15) is 18.9 Å². The second-order valence-electron chi connectivity index (χ2n) is 6.75. The smallest absolute Gasteiger partial charge is 0.409 e. The van der Waals surface area contributed by atoms with Crippen LogP contribution in [0.3, 0.4) is 0 Å². The minimum absolute atomic E-state index is 0.125. The van der Waals surface area contributed by atoms with Crippen molar-refractivity contribution in [2.24, 2.45) is 17.3 Å². The molecule has 0 radical (unpaired) electrons. The van der Waals surface area contributed by atoms with Gasteiger partial charge in [0.25, 0.3) is 0 Å². The van der Waals surface area contributed by atoms with Crippen LogP contribution in [-0.4, -0.2) is 32.7 Å². The predicted octanol–water partition coefficient (Wildman–Crippen LogP) is 4.14. The van der Waals surface area contributed by atoms with Crippen LogP contribution < -0.4 is 9.47 Å². The van der Waals surface area contributed by atoms with Gasteiger partial charge in [-0.15, -0.1) is 0 Å². The van der Waals surface area contributed by atoms with Crippen molar-refractivity contribution < 1.29 is 21.7 Å². The summed E-state index contributed by atoms with van der Waals surface area (Å²) in [5, 5.41) is 9.70. The van der Waals surface area contributed by atoms with Crippen molar-refractivity contribution >= 4 is 48.5 Å². The van der Waals surface area contributed by atoms with Gasteiger partial charge in [0.05, 0.1) is 23.5 Å². The van der Waals surface area contributed by atoms with Gasteiger partial charge in [0, 0.05) is 18.8 Å². The number of azo groups is 1. The maximum atomic E-state index is 10.5. The summed E-state index contributed by atoms with van der Waals surface area (Å²) < 4.78 is 39.0. The summed E-state index contributed by atoms with van der Waals surface area (Å²) in [4.78, 5) is 2.08. The van der Waals surface area contributed by atoms with Gasteiger partial charge in [0.15, 0.2) is 0 Å². The summed E-state index contributed by atoms with van der Waals surface area (Å²) in [6.45, 7) is 5.17. The SMILES string of the molecule is CCN(CCCOS(=O)(=O)[O-])c1ccc(N=Nc2sc3ccccc3[n+]2C)c(C)c1. The van der Waals surface area contributed by atoms with Gasteiger partial charge in [0.1, 0.15) is 11.2 Å². The van der Waals surface area contributed by atoms with E-state index >= 15 is 0 Å². The first kappa shape index (κ1) is 22.3. The summed E-state index contributed by atoms with van der Waals surface area (Å²) in [7, 11) is -2.66. The van der Waals surface area contributed by atoms with Crippen molar-refractivity contribution in [1.82, 2.24) is 0 Å². The Balaban J connectivity index is 1.70. The van der Waals surface area contributed by atoms with Gasteiger partial charge in [-0.25, -0.2) is 13.0 Å². The van der Waals surface area contributed by atoms with Gasteiger partial charge >= 0.3 is 5.13 Å². The molecular formula is C20H24N4O4S2. The topological polar surface area (TPSA) is 98.3 Å². The number of anilines is 1. The molecule has 0 fully saturated rings. The first-order valence-corrected chi connectivity index (χ1v) is 11.7. The average Bonchev–Trinajstić information content (AvgIpc) is 3.02. The number of thiazole rings is 1. The van der Waals surface area contributed by atoms with E-state index in [2.05, 4.69) is 31.4 Å². The molecule has 0 saturated heterocycles. The van der Waals surface area contributed by atoms with Crippen LogP contribution in [0.2, 0.25) is 0 Å². The van der Waals surface area contributed by atoms with Crippen molar-refractivity contribution in [3.05, 3.63) is 48.0 Å². The molecule has 3 rings (SSSR count). The maximum Gasteiger partial charge on any atom is 0.409 e. The van der Waals surface area contributed by atoms with Crippen molar-refractivity contribution in [1.29, 1.82) is 0 Å². The standard InChI is InChI=1S/C20H24N4O4S2/c1-4-24(12-7-13-28-30(25,26)27)16-10-11-17(15(2)14-16)21-22-20-23(3)18-8-5-6-9-19(18)29-20/h5-6,8-11,14H,4,7,12-13H2,1-3H3. The van der Waals surface area contributed by atoms with E-state index in [0.717, 1.165) is 38.8 Å². The number of aryl methyl sites for hydroxylation is 2. The van der Waals surface area contributed by atoms with E-state index in [0.29, 0.717) is 13.0 Å². The zero-order chi connectivity index (χ0) is 21.7. The van der Waals surface area contributed by atoms with Crippen molar-refractivity contribution in [2.45, 2.75) is 20.3 Å². The summed E-state index contributed by atoms with van der Waals surface area (Å²) >= 11 is 1.59. The molecule has 0 N–H and O–H groups in total. The Labute approximate surface area is 180 Å². The van der Waals surface area contributed by atoms with Crippen LogP contribution in [-0.2, 0) is 21.6 Å². The Morgan fingerprint density at radius 2 is 1.97 bits per heavy atom. The normalized spacial score (nSPS) is 12.1. The lowest BCUT2D eigenvalue weighted by molar-refractivity contribution is -0.627. The van der Waals surface area contributed by atoms with Crippen molar-refractivity contribution in [3.8, 4) is 0 Å². The van der Waals surface area contributed by atoms with Gasteiger partial charge in [-0.2, -0.15) is 0 Å². The largest absolute Gasteiger partial charge is 0.726 e. The lowest BCUT2D eigenvalue weighted by Crippen LogP contribution is -2.25. The average molecular weight is 449 g/mol. The van der Waals surface area contributed by atoms with Gasteiger partial charge in [-0.1, -0.05) is 12.1 Å². The fourth-order valence-corrected chi connectivity index (χ4v) is 4.40. The van der Waals surface area contributed by atoms with Crippen LogP contribution in [0.15, 0.2) is 52.7 Å². The Morgan fingerprint density at radius 1 is 1.20 bits per heavy atom. The van der Waals surface area contributed by atoms with E-state index in [1.54, 1.807) is 11.3 Å². The highest BCUT2D eigenvalue weighted by molar-refractivity contribution is 7.80. The van der Waals surface area contributed by atoms with Crippen LogP contribution in [0, 0.1) is 6.92 Å². The van der Waals surface area contributed by atoms with Crippen LogP contribution in [0.25, 0.3) is 10.2 Å². The van der Waals surface area contributed by atoms with Crippen LogP contribution in [0.5, 0.6) is 0 Å². The molecule has 0 unspecified atom stereocenters. The molecule has 0 atom stereocenters. The molecule has 1 aromatic heterocycles. The molecule has 8 nitrogen and oxygen atoms in total. The molecule has 2 aromatic carbocycles. The zero-order valence-corrected chi connectivity index (χ0v) is 18.7. The number of benzene rings is 2. The fraction of sp³-hybridized carbons (Fsp3) is 0.350.